The molecule has 88 valence electrons. The number of para-hydroxylation sites is 1. The maximum Gasteiger partial charge on any atom is 0.207 e. The van der Waals surface area contributed by atoms with Crippen LogP contribution in [0.4, 0.5) is 5.13 Å². The minimum Gasteiger partial charge on any atom is -0.491 e. The number of hydrogen-bond donors (Lipinski definition) is 1. The quantitative estimate of drug-likeness (QED) is 0.805. The summed E-state index contributed by atoms with van der Waals surface area (Å²) in [5.74, 6) is 0.967. The Kier molecular flexibility index (Phi) is 2.82. The molecule has 0 saturated carbocycles. The fourth-order valence-corrected chi connectivity index (χ4v) is 2.75. The van der Waals surface area contributed by atoms with Gasteiger partial charge in [-0.15, -0.1) is 5.10 Å². The van der Waals surface area contributed by atoms with Gasteiger partial charge in [0.1, 0.15) is 12.4 Å². The van der Waals surface area contributed by atoms with Crippen LogP contribution in [-0.2, 0) is 6.54 Å². The molecule has 0 spiro atoms. The van der Waals surface area contributed by atoms with Crippen LogP contribution in [0.1, 0.15) is 5.56 Å². The zero-order valence-electron chi connectivity index (χ0n) is 9.05. The van der Waals surface area contributed by atoms with Gasteiger partial charge in [-0.05, 0) is 18.3 Å². The van der Waals surface area contributed by atoms with Crippen LogP contribution >= 0.6 is 23.6 Å². The molecule has 1 aliphatic heterocycles. The van der Waals surface area contributed by atoms with Crippen molar-refractivity contribution in [2.24, 2.45) is 0 Å². The number of nitrogens with zero attached hydrogens (tertiary/aromatic N) is 2. The molecular weight excluding hydrogens is 254 g/mol. The molecule has 0 unspecified atom stereocenters. The first-order chi connectivity index (χ1) is 8.33. The zero-order chi connectivity index (χ0) is 11.7. The minimum absolute atomic E-state index is 0.670. The Hall–Kier alpha value is -1.40. The fourth-order valence-electron chi connectivity index (χ4n) is 1.85. The summed E-state index contributed by atoms with van der Waals surface area (Å²) in [4.78, 5) is 2.18. The van der Waals surface area contributed by atoms with Gasteiger partial charge in [-0.3, -0.25) is 5.10 Å². The van der Waals surface area contributed by atoms with Crippen molar-refractivity contribution in [2.75, 3.05) is 18.1 Å². The molecule has 0 amide bonds. The molecule has 2 aromatic rings. The lowest BCUT2D eigenvalue weighted by molar-refractivity contribution is 0.331. The number of aromatic nitrogens is 2. The van der Waals surface area contributed by atoms with Crippen molar-refractivity contribution < 1.29 is 4.74 Å². The van der Waals surface area contributed by atoms with Crippen molar-refractivity contribution in [3.05, 3.63) is 33.8 Å². The normalized spacial score (nSPS) is 14.9. The minimum atomic E-state index is 0.670. The van der Waals surface area contributed by atoms with Gasteiger partial charge in [-0.1, -0.05) is 29.5 Å². The van der Waals surface area contributed by atoms with Crippen molar-refractivity contribution in [1.82, 2.24) is 10.2 Å². The molecule has 0 saturated heterocycles. The number of ether oxygens (including phenoxy) is 1. The first-order valence-corrected chi connectivity index (χ1v) is 6.56. The third-order valence-electron chi connectivity index (χ3n) is 2.65. The predicted octanol–water partition coefficient (Wildman–Crippen LogP) is 2.60. The van der Waals surface area contributed by atoms with E-state index < -0.39 is 0 Å². The molecule has 1 aromatic heterocycles. The second-order valence-corrected chi connectivity index (χ2v) is 5.42. The lowest BCUT2D eigenvalue weighted by atomic mass is 10.2. The lowest BCUT2D eigenvalue weighted by Gasteiger charge is -2.17. The Morgan fingerprint density at radius 2 is 2.29 bits per heavy atom. The third-order valence-corrected chi connectivity index (χ3v) is 3.80. The van der Waals surface area contributed by atoms with E-state index in [1.54, 1.807) is 0 Å². The Labute approximate surface area is 108 Å². The molecule has 0 fully saturated rings. The summed E-state index contributed by atoms with van der Waals surface area (Å²) >= 11 is 6.55. The van der Waals surface area contributed by atoms with Crippen LogP contribution in [0.25, 0.3) is 0 Å². The number of aromatic amines is 1. The van der Waals surface area contributed by atoms with E-state index in [0.717, 1.165) is 24.0 Å². The second-order valence-electron chi connectivity index (χ2n) is 3.77. The molecule has 2 heterocycles. The lowest BCUT2D eigenvalue weighted by Crippen LogP contribution is -2.25. The van der Waals surface area contributed by atoms with E-state index in [1.165, 1.54) is 16.9 Å². The van der Waals surface area contributed by atoms with Crippen molar-refractivity contribution in [3.63, 3.8) is 0 Å². The standard InChI is InChI=1S/C11H11N3OS2/c16-11-13-12-10(17-11)14-5-6-15-9-4-2-1-3-8(9)7-14/h1-4H,5-7H2,(H,13,16). The SMILES string of the molecule is S=c1[nH]nc(N2CCOc3ccccc3C2)s1. The summed E-state index contributed by atoms with van der Waals surface area (Å²) < 4.78 is 6.41. The van der Waals surface area contributed by atoms with E-state index in [-0.39, 0.29) is 0 Å². The van der Waals surface area contributed by atoms with Gasteiger partial charge < -0.3 is 9.64 Å². The van der Waals surface area contributed by atoms with Crippen LogP contribution in [0.5, 0.6) is 5.75 Å². The highest BCUT2D eigenvalue weighted by Crippen LogP contribution is 2.26. The Morgan fingerprint density at radius 1 is 1.41 bits per heavy atom. The third kappa shape index (κ3) is 2.18. The maximum atomic E-state index is 5.71. The predicted molar refractivity (Wildman–Crippen MR) is 70.3 cm³/mol. The van der Waals surface area contributed by atoms with Gasteiger partial charge in [0.25, 0.3) is 0 Å². The zero-order valence-corrected chi connectivity index (χ0v) is 10.7. The monoisotopic (exact) mass is 265 g/mol. The molecule has 3 rings (SSSR count). The van der Waals surface area contributed by atoms with Crippen molar-refractivity contribution >= 4 is 28.7 Å². The molecule has 4 nitrogen and oxygen atoms in total. The van der Waals surface area contributed by atoms with Gasteiger partial charge >= 0.3 is 0 Å². The number of benzene rings is 1. The molecule has 0 atom stereocenters. The maximum absolute atomic E-state index is 5.71. The summed E-state index contributed by atoms with van der Waals surface area (Å²) in [6, 6.07) is 8.11. The van der Waals surface area contributed by atoms with Crippen LogP contribution in [0, 0.1) is 3.95 Å². The van der Waals surface area contributed by atoms with E-state index in [9.17, 15) is 0 Å². The average Bonchev–Trinajstić information content (AvgIpc) is 2.65. The summed E-state index contributed by atoms with van der Waals surface area (Å²) in [7, 11) is 0. The molecule has 1 N–H and O–H groups in total. The smallest absolute Gasteiger partial charge is 0.207 e. The number of fused-ring (bicyclic) bond motifs is 1. The highest BCUT2D eigenvalue weighted by molar-refractivity contribution is 7.73. The largest absolute Gasteiger partial charge is 0.491 e. The van der Waals surface area contributed by atoms with Gasteiger partial charge in [-0.2, -0.15) is 0 Å². The number of hydrogen-bond acceptors (Lipinski definition) is 5. The van der Waals surface area contributed by atoms with Crippen LogP contribution in [0.2, 0.25) is 0 Å². The highest BCUT2D eigenvalue weighted by atomic mass is 32.1. The van der Waals surface area contributed by atoms with E-state index in [1.807, 2.05) is 18.2 Å². The molecule has 0 aliphatic carbocycles. The molecule has 17 heavy (non-hydrogen) atoms. The van der Waals surface area contributed by atoms with Crippen molar-refractivity contribution in [1.29, 1.82) is 0 Å². The second kappa shape index (κ2) is 4.46. The van der Waals surface area contributed by atoms with Gasteiger partial charge in [0.05, 0.1) is 6.54 Å². The number of H-pyrrole nitrogens is 1. The fraction of sp³-hybridized carbons (Fsp3) is 0.273. The molecule has 0 radical (unpaired) electrons. The van der Waals surface area contributed by atoms with Gasteiger partial charge in [0, 0.05) is 12.1 Å². The molecule has 1 aromatic carbocycles. The number of anilines is 1. The Morgan fingerprint density at radius 3 is 3.12 bits per heavy atom. The molecule has 1 aliphatic rings. The first kappa shape index (κ1) is 10.7. The summed E-state index contributed by atoms with van der Waals surface area (Å²) in [5.41, 5.74) is 1.19. The summed E-state index contributed by atoms with van der Waals surface area (Å²) in [5, 5.41) is 7.95. The highest BCUT2D eigenvalue weighted by Gasteiger charge is 2.17. The molecule has 6 heteroatoms. The van der Waals surface area contributed by atoms with Crippen LogP contribution in [0.3, 0.4) is 0 Å². The van der Waals surface area contributed by atoms with Crippen molar-refractivity contribution in [2.45, 2.75) is 6.54 Å². The Balaban J connectivity index is 1.92. The number of rotatable bonds is 1. The van der Waals surface area contributed by atoms with Gasteiger partial charge in [0.15, 0.2) is 3.95 Å². The summed E-state index contributed by atoms with van der Waals surface area (Å²) in [6.07, 6.45) is 0. The van der Waals surface area contributed by atoms with E-state index in [2.05, 4.69) is 21.2 Å². The van der Waals surface area contributed by atoms with Crippen LogP contribution < -0.4 is 9.64 Å². The van der Waals surface area contributed by atoms with Crippen molar-refractivity contribution in [3.8, 4) is 5.75 Å². The van der Waals surface area contributed by atoms with E-state index in [4.69, 9.17) is 17.0 Å². The molecule has 0 bridgehead atoms. The first-order valence-electron chi connectivity index (χ1n) is 5.34. The van der Waals surface area contributed by atoms with Gasteiger partial charge in [-0.25, -0.2) is 0 Å². The van der Waals surface area contributed by atoms with E-state index in [0.29, 0.717) is 10.6 Å². The van der Waals surface area contributed by atoms with Gasteiger partial charge in [0.2, 0.25) is 5.13 Å². The average molecular weight is 265 g/mol. The topological polar surface area (TPSA) is 41.2 Å². The Bertz CT molecular complexity index is 578. The number of nitrogens with one attached hydrogen (secondary N) is 1. The van der Waals surface area contributed by atoms with E-state index >= 15 is 0 Å². The van der Waals surface area contributed by atoms with Crippen LogP contribution in [0.15, 0.2) is 24.3 Å². The molecular formula is C11H11N3OS2. The summed E-state index contributed by atoms with van der Waals surface area (Å²) in [6.45, 7) is 2.31. The van der Waals surface area contributed by atoms with Crippen LogP contribution in [-0.4, -0.2) is 23.3 Å².